The van der Waals surface area contributed by atoms with E-state index in [0.29, 0.717) is 6.04 Å². The van der Waals surface area contributed by atoms with E-state index in [1.54, 1.807) is 12.2 Å². The third-order valence-corrected chi connectivity index (χ3v) is 4.64. The van der Waals surface area contributed by atoms with Gasteiger partial charge in [0.15, 0.2) is 11.6 Å². The second-order valence-electron chi connectivity index (χ2n) is 7.38. The summed E-state index contributed by atoms with van der Waals surface area (Å²) < 4.78 is 0. The highest BCUT2D eigenvalue weighted by Crippen LogP contribution is 2.18. The maximum Gasteiger partial charge on any atom is 0.158 e. The highest BCUT2D eigenvalue weighted by atomic mass is 16.1. The zero-order chi connectivity index (χ0) is 18.7. The molecule has 1 aliphatic rings. The maximum absolute atomic E-state index is 12.1. The Morgan fingerprint density at radius 2 is 1.80 bits per heavy atom. The zero-order valence-electron chi connectivity index (χ0n) is 16.5. The largest absolute Gasteiger partial charge is 0.311 e. The second-order valence-corrected chi connectivity index (χ2v) is 7.38. The molecule has 4 heteroatoms. The van der Waals surface area contributed by atoms with Gasteiger partial charge in [-0.2, -0.15) is 0 Å². The van der Waals surface area contributed by atoms with Crippen LogP contribution in [0.15, 0.2) is 24.3 Å². The van der Waals surface area contributed by atoms with Gasteiger partial charge in [0.1, 0.15) is 0 Å². The molecule has 25 heavy (non-hydrogen) atoms. The van der Waals surface area contributed by atoms with Crippen molar-refractivity contribution in [3.63, 3.8) is 0 Å². The van der Waals surface area contributed by atoms with E-state index in [-0.39, 0.29) is 23.4 Å². The molecule has 1 rings (SSSR count). The summed E-state index contributed by atoms with van der Waals surface area (Å²) in [6.45, 7) is 11.5. The van der Waals surface area contributed by atoms with Crippen molar-refractivity contribution in [3.8, 4) is 0 Å². The number of likely N-dealkylation sites (N-methyl/N-ethyl adjacent to an activating group) is 1. The fourth-order valence-electron chi connectivity index (χ4n) is 2.51. The number of ketones is 2. The normalized spacial score (nSPS) is 16.4. The van der Waals surface area contributed by atoms with Crippen molar-refractivity contribution in [1.82, 2.24) is 10.2 Å². The minimum absolute atomic E-state index is 0.0609. The minimum atomic E-state index is 0.0609. The molecule has 0 heterocycles. The summed E-state index contributed by atoms with van der Waals surface area (Å²) in [5.74, 6) is 0.543. The molecule has 0 aromatic rings. The van der Waals surface area contributed by atoms with Gasteiger partial charge in [-0.3, -0.25) is 14.5 Å². The Kier molecular flexibility index (Phi) is 10.6. The molecule has 1 atom stereocenters. The summed E-state index contributed by atoms with van der Waals surface area (Å²) in [4.78, 5) is 26.0. The van der Waals surface area contributed by atoms with Crippen LogP contribution in [-0.2, 0) is 9.59 Å². The third kappa shape index (κ3) is 10.4. The van der Waals surface area contributed by atoms with Gasteiger partial charge in [-0.1, -0.05) is 39.8 Å². The van der Waals surface area contributed by atoms with Crippen molar-refractivity contribution in [2.75, 3.05) is 26.2 Å². The first kappa shape index (κ1) is 21.8. The Morgan fingerprint density at radius 1 is 1.12 bits per heavy atom. The molecule has 4 nitrogen and oxygen atoms in total. The van der Waals surface area contributed by atoms with Crippen LogP contribution in [0.3, 0.4) is 0 Å². The SMILES string of the molecule is CCN(C/C=C/C(=O)C(C)C)CCCC(C)C(=O)/C=C/CNC1CC1. The van der Waals surface area contributed by atoms with Crippen LogP contribution in [-0.4, -0.2) is 48.7 Å². The average Bonchev–Trinajstić information content (AvgIpc) is 3.40. The topological polar surface area (TPSA) is 49.4 Å². The van der Waals surface area contributed by atoms with Crippen LogP contribution in [0.4, 0.5) is 0 Å². The van der Waals surface area contributed by atoms with Crippen LogP contribution >= 0.6 is 0 Å². The standard InChI is InChI=1S/C21H36N2O2/c1-5-23(16-8-11-20(24)17(2)3)15-7-9-18(4)21(25)10-6-14-22-19-12-13-19/h6,8,10-11,17-19,22H,5,7,9,12-16H2,1-4H3/b10-6+,11-8+. The van der Waals surface area contributed by atoms with Gasteiger partial charge >= 0.3 is 0 Å². The number of rotatable bonds is 14. The molecular weight excluding hydrogens is 312 g/mol. The van der Waals surface area contributed by atoms with Crippen LogP contribution in [0.1, 0.15) is 53.4 Å². The lowest BCUT2D eigenvalue weighted by molar-refractivity contribution is -0.118. The Morgan fingerprint density at radius 3 is 2.40 bits per heavy atom. The lowest BCUT2D eigenvalue weighted by Crippen LogP contribution is -2.25. The van der Waals surface area contributed by atoms with E-state index in [1.165, 1.54) is 12.8 Å². The van der Waals surface area contributed by atoms with Crippen LogP contribution in [0, 0.1) is 11.8 Å². The quantitative estimate of drug-likeness (QED) is 0.489. The smallest absolute Gasteiger partial charge is 0.158 e. The van der Waals surface area contributed by atoms with Crippen molar-refractivity contribution >= 4 is 11.6 Å². The van der Waals surface area contributed by atoms with E-state index in [2.05, 4.69) is 17.1 Å². The third-order valence-electron chi connectivity index (χ3n) is 4.64. The average molecular weight is 349 g/mol. The Balaban J connectivity index is 2.18. The highest BCUT2D eigenvalue weighted by Gasteiger charge is 2.19. The molecule has 0 aromatic carbocycles. The molecule has 0 aliphatic heterocycles. The first-order chi connectivity index (χ1) is 11.9. The van der Waals surface area contributed by atoms with Crippen LogP contribution in [0.2, 0.25) is 0 Å². The summed E-state index contributed by atoms with van der Waals surface area (Å²) in [7, 11) is 0. The Hall–Kier alpha value is -1.26. The molecule has 0 saturated heterocycles. The fourth-order valence-corrected chi connectivity index (χ4v) is 2.51. The van der Waals surface area contributed by atoms with E-state index in [1.807, 2.05) is 32.9 Å². The molecule has 1 N–H and O–H groups in total. The summed E-state index contributed by atoms with van der Waals surface area (Å²) in [6.07, 6.45) is 11.8. The first-order valence-electron chi connectivity index (χ1n) is 9.80. The van der Waals surface area contributed by atoms with Crippen molar-refractivity contribution in [2.45, 2.75) is 59.4 Å². The molecule has 0 amide bonds. The number of hydrogen-bond acceptors (Lipinski definition) is 4. The Labute approximate surface area is 153 Å². The predicted octanol–water partition coefficient (Wildman–Crippen LogP) is 3.38. The second kappa shape index (κ2) is 12.2. The van der Waals surface area contributed by atoms with Crippen molar-refractivity contribution in [3.05, 3.63) is 24.3 Å². The van der Waals surface area contributed by atoms with Crippen LogP contribution in [0.25, 0.3) is 0 Å². The van der Waals surface area contributed by atoms with E-state index >= 15 is 0 Å². The summed E-state index contributed by atoms with van der Waals surface area (Å²) in [6, 6.07) is 0.682. The summed E-state index contributed by atoms with van der Waals surface area (Å²) >= 11 is 0. The van der Waals surface area contributed by atoms with Gasteiger partial charge in [0.2, 0.25) is 0 Å². The summed E-state index contributed by atoms with van der Waals surface area (Å²) in [5.41, 5.74) is 0. The molecule has 1 aliphatic carbocycles. The number of allylic oxidation sites excluding steroid dienone is 2. The molecule has 0 radical (unpaired) electrons. The molecule has 1 unspecified atom stereocenters. The van der Waals surface area contributed by atoms with Crippen LogP contribution in [0.5, 0.6) is 0 Å². The fraction of sp³-hybridized carbons (Fsp3) is 0.714. The Bertz CT molecular complexity index is 465. The molecule has 0 aromatic heterocycles. The van der Waals surface area contributed by atoms with Crippen LogP contribution < -0.4 is 5.32 Å². The maximum atomic E-state index is 12.1. The van der Waals surface area contributed by atoms with Gasteiger partial charge in [0, 0.05) is 31.0 Å². The van der Waals surface area contributed by atoms with E-state index in [4.69, 9.17) is 0 Å². The first-order valence-corrected chi connectivity index (χ1v) is 9.80. The zero-order valence-corrected chi connectivity index (χ0v) is 16.5. The molecule has 1 fully saturated rings. The molecule has 1 saturated carbocycles. The number of carbonyl (C=O) groups excluding carboxylic acids is 2. The summed E-state index contributed by atoms with van der Waals surface area (Å²) in [5, 5.41) is 3.37. The highest BCUT2D eigenvalue weighted by molar-refractivity contribution is 5.91. The monoisotopic (exact) mass is 348 g/mol. The van der Waals surface area contributed by atoms with Gasteiger partial charge in [0.25, 0.3) is 0 Å². The number of carbonyl (C=O) groups is 2. The van der Waals surface area contributed by atoms with Gasteiger partial charge in [-0.25, -0.2) is 0 Å². The van der Waals surface area contributed by atoms with E-state index < -0.39 is 0 Å². The number of nitrogens with zero attached hydrogens (tertiary/aromatic N) is 1. The molecule has 0 spiro atoms. The lowest BCUT2D eigenvalue weighted by Gasteiger charge is -2.19. The van der Waals surface area contributed by atoms with Gasteiger partial charge in [-0.05, 0) is 50.9 Å². The molecular formula is C21H36N2O2. The van der Waals surface area contributed by atoms with E-state index in [9.17, 15) is 9.59 Å². The molecule has 142 valence electrons. The van der Waals surface area contributed by atoms with Crippen molar-refractivity contribution in [1.29, 1.82) is 0 Å². The van der Waals surface area contributed by atoms with Gasteiger partial charge in [0.05, 0.1) is 0 Å². The van der Waals surface area contributed by atoms with Crippen molar-refractivity contribution < 1.29 is 9.59 Å². The van der Waals surface area contributed by atoms with Crippen molar-refractivity contribution in [2.24, 2.45) is 11.8 Å². The van der Waals surface area contributed by atoms with Gasteiger partial charge in [-0.15, -0.1) is 0 Å². The minimum Gasteiger partial charge on any atom is -0.311 e. The number of nitrogens with one attached hydrogen (secondary N) is 1. The number of hydrogen-bond donors (Lipinski definition) is 1. The van der Waals surface area contributed by atoms with E-state index in [0.717, 1.165) is 39.0 Å². The predicted molar refractivity (Wildman–Crippen MR) is 105 cm³/mol. The van der Waals surface area contributed by atoms with Gasteiger partial charge < -0.3 is 5.32 Å². The lowest BCUT2D eigenvalue weighted by atomic mass is 10.00. The molecule has 0 bridgehead atoms.